The third-order valence-electron chi connectivity index (χ3n) is 4.12. The molecule has 0 aromatic carbocycles. The molecule has 0 radical (unpaired) electrons. The normalized spacial score (nSPS) is 18.2. The maximum absolute atomic E-state index is 11.4. The van der Waals surface area contributed by atoms with Gasteiger partial charge in [-0.3, -0.25) is 15.1 Å². The van der Waals surface area contributed by atoms with Gasteiger partial charge in [0, 0.05) is 42.7 Å². The number of nitrogens with zero attached hydrogens (tertiary/aromatic N) is 4. The van der Waals surface area contributed by atoms with Crippen LogP contribution in [0, 0.1) is 17.0 Å². The molecule has 1 atom stereocenters. The summed E-state index contributed by atoms with van der Waals surface area (Å²) < 4.78 is 0. The van der Waals surface area contributed by atoms with Gasteiger partial charge in [-0.05, 0) is 38.0 Å². The van der Waals surface area contributed by atoms with E-state index in [-0.39, 0.29) is 16.5 Å². The van der Waals surface area contributed by atoms with Gasteiger partial charge >= 0.3 is 5.69 Å². The zero-order valence-electron chi connectivity index (χ0n) is 12.5. The van der Waals surface area contributed by atoms with Crippen LogP contribution < -0.4 is 4.90 Å². The maximum atomic E-state index is 11.4. The standard InChI is InChI=1S/C16H18N4O2/c1-12-7-9-18-16(15(12)20(21)22)19-10-4-5-13(11-19)14-6-2-3-8-17-14/h2-3,6-9,13H,4-5,10-11H2,1H3. The maximum Gasteiger partial charge on any atom is 0.314 e. The summed E-state index contributed by atoms with van der Waals surface area (Å²) in [4.78, 5) is 21.8. The molecule has 3 rings (SSSR count). The molecule has 6 heteroatoms. The molecule has 22 heavy (non-hydrogen) atoms. The zero-order valence-corrected chi connectivity index (χ0v) is 12.5. The fraction of sp³-hybridized carbons (Fsp3) is 0.375. The third kappa shape index (κ3) is 2.77. The summed E-state index contributed by atoms with van der Waals surface area (Å²) in [5, 5.41) is 11.4. The van der Waals surface area contributed by atoms with Gasteiger partial charge in [0.15, 0.2) is 0 Å². The average molecular weight is 298 g/mol. The van der Waals surface area contributed by atoms with Gasteiger partial charge in [0.05, 0.1) is 4.92 Å². The van der Waals surface area contributed by atoms with E-state index in [1.165, 1.54) is 0 Å². The zero-order chi connectivity index (χ0) is 15.5. The van der Waals surface area contributed by atoms with Crippen molar-refractivity contribution in [2.24, 2.45) is 0 Å². The van der Waals surface area contributed by atoms with Crippen LogP contribution in [0.15, 0.2) is 36.7 Å². The van der Waals surface area contributed by atoms with Crippen molar-refractivity contribution in [3.05, 3.63) is 58.0 Å². The number of aromatic nitrogens is 2. The highest BCUT2D eigenvalue weighted by molar-refractivity contribution is 5.61. The predicted octanol–water partition coefficient (Wildman–Crippen LogP) is 3.08. The van der Waals surface area contributed by atoms with E-state index in [1.54, 1.807) is 25.4 Å². The van der Waals surface area contributed by atoms with E-state index in [9.17, 15) is 10.1 Å². The largest absolute Gasteiger partial charge is 0.350 e. The fourth-order valence-electron chi connectivity index (χ4n) is 3.02. The first-order chi connectivity index (χ1) is 10.7. The number of pyridine rings is 2. The number of hydrogen-bond acceptors (Lipinski definition) is 5. The monoisotopic (exact) mass is 298 g/mol. The second kappa shape index (κ2) is 6.09. The molecule has 0 amide bonds. The Kier molecular flexibility index (Phi) is 4.00. The Morgan fingerprint density at radius 1 is 1.27 bits per heavy atom. The van der Waals surface area contributed by atoms with Gasteiger partial charge in [0.2, 0.25) is 5.82 Å². The van der Waals surface area contributed by atoms with Gasteiger partial charge in [0.1, 0.15) is 0 Å². The van der Waals surface area contributed by atoms with E-state index in [0.29, 0.717) is 17.9 Å². The molecule has 0 bridgehead atoms. The Bertz CT molecular complexity index is 675. The molecule has 1 fully saturated rings. The topological polar surface area (TPSA) is 72.2 Å². The van der Waals surface area contributed by atoms with Crippen LogP contribution in [0.4, 0.5) is 11.5 Å². The highest BCUT2D eigenvalue weighted by Crippen LogP contribution is 2.34. The fourth-order valence-corrected chi connectivity index (χ4v) is 3.02. The van der Waals surface area contributed by atoms with Crippen LogP contribution in [0.1, 0.15) is 30.0 Å². The van der Waals surface area contributed by atoms with E-state index in [0.717, 1.165) is 25.1 Å². The second-order valence-corrected chi connectivity index (χ2v) is 5.60. The van der Waals surface area contributed by atoms with Crippen LogP contribution in [0.3, 0.4) is 0 Å². The Labute approximate surface area is 129 Å². The first-order valence-corrected chi connectivity index (χ1v) is 7.42. The minimum absolute atomic E-state index is 0.115. The van der Waals surface area contributed by atoms with Crippen LogP contribution in [-0.2, 0) is 0 Å². The number of anilines is 1. The van der Waals surface area contributed by atoms with Gasteiger partial charge in [-0.25, -0.2) is 4.98 Å². The number of aryl methyl sites for hydroxylation is 1. The van der Waals surface area contributed by atoms with E-state index in [1.807, 2.05) is 23.1 Å². The van der Waals surface area contributed by atoms with E-state index < -0.39 is 0 Å². The summed E-state index contributed by atoms with van der Waals surface area (Å²) in [6.07, 6.45) is 5.46. The molecule has 2 aromatic heterocycles. The lowest BCUT2D eigenvalue weighted by atomic mass is 9.94. The lowest BCUT2D eigenvalue weighted by Gasteiger charge is -2.33. The summed E-state index contributed by atoms with van der Waals surface area (Å²) in [6, 6.07) is 7.58. The summed E-state index contributed by atoms with van der Waals surface area (Å²) >= 11 is 0. The Morgan fingerprint density at radius 3 is 2.86 bits per heavy atom. The van der Waals surface area contributed by atoms with E-state index in [2.05, 4.69) is 9.97 Å². The molecule has 0 saturated carbocycles. The van der Waals surface area contributed by atoms with Crippen molar-refractivity contribution in [2.75, 3.05) is 18.0 Å². The number of rotatable bonds is 3. The molecule has 1 aliphatic rings. The first-order valence-electron chi connectivity index (χ1n) is 7.42. The van der Waals surface area contributed by atoms with E-state index >= 15 is 0 Å². The van der Waals surface area contributed by atoms with Crippen molar-refractivity contribution in [1.82, 2.24) is 9.97 Å². The SMILES string of the molecule is Cc1ccnc(N2CCCC(c3ccccn3)C2)c1[N+](=O)[O-]. The molecule has 1 saturated heterocycles. The molecule has 3 heterocycles. The summed E-state index contributed by atoms with van der Waals surface area (Å²) in [6.45, 7) is 3.26. The van der Waals surface area contributed by atoms with Crippen molar-refractivity contribution in [3.8, 4) is 0 Å². The number of hydrogen-bond donors (Lipinski definition) is 0. The van der Waals surface area contributed by atoms with Gasteiger partial charge in [-0.2, -0.15) is 0 Å². The second-order valence-electron chi connectivity index (χ2n) is 5.60. The van der Waals surface area contributed by atoms with Crippen molar-refractivity contribution >= 4 is 11.5 Å². The summed E-state index contributed by atoms with van der Waals surface area (Å²) in [5.74, 6) is 0.766. The third-order valence-corrected chi connectivity index (χ3v) is 4.12. The first kappa shape index (κ1) is 14.4. The van der Waals surface area contributed by atoms with Crippen LogP contribution >= 0.6 is 0 Å². The molecule has 114 valence electrons. The molecule has 6 nitrogen and oxygen atoms in total. The van der Waals surface area contributed by atoms with Crippen LogP contribution in [0.2, 0.25) is 0 Å². The van der Waals surface area contributed by atoms with Crippen LogP contribution in [0.5, 0.6) is 0 Å². The lowest BCUT2D eigenvalue weighted by molar-refractivity contribution is -0.384. The molecular formula is C16H18N4O2. The van der Waals surface area contributed by atoms with Crippen molar-refractivity contribution in [3.63, 3.8) is 0 Å². The highest BCUT2D eigenvalue weighted by atomic mass is 16.6. The summed E-state index contributed by atoms with van der Waals surface area (Å²) in [5.41, 5.74) is 1.81. The molecule has 1 aliphatic heterocycles. The Hall–Kier alpha value is -2.50. The molecule has 0 spiro atoms. The average Bonchev–Trinajstić information content (AvgIpc) is 2.55. The lowest BCUT2D eigenvalue weighted by Crippen LogP contribution is -2.35. The Morgan fingerprint density at radius 2 is 2.14 bits per heavy atom. The van der Waals surface area contributed by atoms with Gasteiger partial charge in [0.25, 0.3) is 0 Å². The van der Waals surface area contributed by atoms with Crippen molar-refractivity contribution < 1.29 is 4.92 Å². The molecular weight excluding hydrogens is 280 g/mol. The smallest absolute Gasteiger partial charge is 0.314 e. The van der Waals surface area contributed by atoms with Crippen LogP contribution in [0.25, 0.3) is 0 Å². The predicted molar refractivity (Wildman–Crippen MR) is 84.1 cm³/mol. The molecule has 1 unspecified atom stereocenters. The minimum Gasteiger partial charge on any atom is -0.350 e. The van der Waals surface area contributed by atoms with Gasteiger partial charge in [-0.15, -0.1) is 0 Å². The highest BCUT2D eigenvalue weighted by Gasteiger charge is 2.29. The number of nitro groups is 1. The van der Waals surface area contributed by atoms with Gasteiger partial charge < -0.3 is 4.90 Å². The van der Waals surface area contributed by atoms with Crippen LogP contribution in [-0.4, -0.2) is 28.0 Å². The van der Waals surface area contributed by atoms with Crippen molar-refractivity contribution in [1.29, 1.82) is 0 Å². The molecule has 2 aromatic rings. The molecule has 0 aliphatic carbocycles. The Balaban J connectivity index is 1.90. The van der Waals surface area contributed by atoms with Crippen molar-refractivity contribution in [2.45, 2.75) is 25.7 Å². The molecule has 0 N–H and O–H groups in total. The van der Waals surface area contributed by atoms with Gasteiger partial charge in [-0.1, -0.05) is 6.07 Å². The quantitative estimate of drug-likeness (QED) is 0.643. The summed E-state index contributed by atoms with van der Waals surface area (Å²) in [7, 11) is 0. The minimum atomic E-state index is -0.331. The van der Waals surface area contributed by atoms with E-state index in [4.69, 9.17) is 0 Å². The number of piperidine rings is 1.